The molecule has 0 radical (unpaired) electrons. The molecule has 0 fully saturated rings. The summed E-state index contributed by atoms with van der Waals surface area (Å²) >= 11 is 0. The molecule has 19 heteroatoms. The standard InChI is InChI=1S/C36H57N15O4/c1-36(2,3)28(32(55)50-25(6-4-16-45-33(39)40)30(53)47-19-23-12-14-24(15-13-23)29(37)38)51-31(54)26(7-5-17-46-34(41)42)49-27(52)18-21-8-10-22(11-9-21)20-48-35(43)44/h8-15,25-26,28H,4-7,16-20H2,1-3H3,(H3,37,38)(H,47,53)(H,49,52)(H,50,55)(H,51,54)(H4,39,40,45)(H4,41,42,46)(H4,43,44,48). The maximum Gasteiger partial charge on any atom is 0.243 e. The van der Waals surface area contributed by atoms with Crippen LogP contribution in [0.4, 0.5) is 0 Å². The molecule has 0 bridgehead atoms. The van der Waals surface area contributed by atoms with Gasteiger partial charge in [-0.2, -0.15) is 0 Å². The van der Waals surface area contributed by atoms with Gasteiger partial charge in [0, 0.05) is 25.2 Å². The highest BCUT2D eigenvalue weighted by Crippen LogP contribution is 2.21. The molecule has 19 N–H and O–H groups in total. The Labute approximate surface area is 321 Å². The van der Waals surface area contributed by atoms with Crippen LogP contribution in [-0.4, -0.2) is 78.6 Å². The Bertz CT molecular complexity index is 1690. The van der Waals surface area contributed by atoms with Crippen LogP contribution < -0.4 is 61.4 Å². The number of hydrogen-bond acceptors (Lipinski definition) is 8. The van der Waals surface area contributed by atoms with E-state index in [1.165, 1.54) is 0 Å². The van der Waals surface area contributed by atoms with Crippen LogP contribution in [0.15, 0.2) is 63.5 Å². The van der Waals surface area contributed by atoms with Crippen molar-refractivity contribution in [1.82, 2.24) is 21.3 Å². The van der Waals surface area contributed by atoms with Crippen LogP contribution in [0, 0.1) is 10.8 Å². The molecule has 0 aliphatic carbocycles. The minimum Gasteiger partial charge on any atom is -0.384 e. The van der Waals surface area contributed by atoms with E-state index in [9.17, 15) is 19.2 Å². The summed E-state index contributed by atoms with van der Waals surface area (Å²) in [6.07, 6.45) is 1.02. The van der Waals surface area contributed by atoms with Crippen molar-refractivity contribution < 1.29 is 19.2 Å². The molecular weight excluding hydrogens is 706 g/mol. The summed E-state index contributed by atoms with van der Waals surface area (Å²) in [5, 5.41) is 18.8. The summed E-state index contributed by atoms with van der Waals surface area (Å²) in [4.78, 5) is 66.3. The number of benzene rings is 2. The second-order valence-electron chi connectivity index (χ2n) is 13.9. The minimum absolute atomic E-state index is 0.0268. The van der Waals surface area contributed by atoms with Gasteiger partial charge in [0.2, 0.25) is 23.6 Å². The third-order valence-corrected chi connectivity index (χ3v) is 8.15. The molecule has 2 aromatic rings. The van der Waals surface area contributed by atoms with Crippen molar-refractivity contribution >= 4 is 47.3 Å². The third-order valence-electron chi connectivity index (χ3n) is 8.15. The fourth-order valence-corrected chi connectivity index (χ4v) is 5.21. The first kappa shape index (κ1) is 44.8. The third kappa shape index (κ3) is 17.3. The van der Waals surface area contributed by atoms with Gasteiger partial charge in [-0.1, -0.05) is 69.3 Å². The summed E-state index contributed by atoms with van der Waals surface area (Å²) in [6.45, 7) is 6.14. The van der Waals surface area contributed by atoms with E-state index in [-0.39, 0.29) is 69.2 Å². The molecule has 0 saturated carbocycles. The van der Waals surface area contributed by atoms with Crippen molar-refractivity contribution in [1.29, 1.82) is 5.41 Å². The van der Waals surface area contributed by atoms with Crippen LogP contribution in [0.1, 0.15) is 68.7 Å². The fourth-order valence-electron chi connectivity index (χ4n) is 5.21. The number of hydrogen-bond donors (Lipinski definition) is 12. The molecular formula is C36H57N15O4. The van der Waals surface area contributed by atoms with Crippen LogP contribution in [0.5, 0.6) is 0 Å². The van der Waals surface area contributed by atoms with Gasteiger partial charge in [-0.3, -0.25) is 34.6 Å². The molecule has 2 rings (SSSR count). The van der Waals surface area contributed by atoms with Crippen molar-refractivity contribution in [3.05, 3.63) is 70.8 Å². The van der Waals surface area contributed by atoms with E-state index in [2.05, 4.69) is 36.2 Å². The van der Waals surface area contributed by atoms with E-state index in [4.69, 9.17) is 45.5 Å². The Kier molecular flexibility index (Phi) is 17.9. The second kappa shape index (κ2) is 22.0. The molecule has 0 heterocycles. The van der Waals surface area contributed by atoms with E-state index in [1.54, 1.807) is 69.3 Å². The monoisotopic (exact) mass is 763 g/mol. The quantitative estimate of drug-likeness (QED) is 0.0383. The van der Waals surface area contributed by atoms with E-state index >= 15 is 0 Å². The summed E-state index contributed by atoms with van der Waals surface area (Å²) in [5.74, 6) is -2.45. The van der Waals surface area contributed by atoms with Crippen molar-refractivity contribution in [3.8, 4) is 0 Å². The summed E-state index contributed by atoms with van der Waals surface area (Å²) in [5.41, 5.74) is 40.2. The zero-order valence-electron chi connectivity index (χ0n) is 31.7. The second-order valence-corrected chi connectivity index (χ2v) is 13.9. The van der Waals surface area contributed by atoms with Crippen LogP contribution >= 0.6 is 0 Å². The number of nitrogens with one attached hydrogen (secondary N) is 5. The van der Waals surface area contributed by atoms with Crippen LogP contribution in [0.2, 0.25) is 0 Å². The van der Waals surface area contributed by atoms with Gasteiger partial charge < -0.3 is 61.4 Å². The number of amidine groups is 1. The van der Waals surface area contributed by atoms with Gasteiger partial charge in [0.15, 0.2) is 17.9 Å². The van der Waals surface area contributed by atoms with E-state index in [0.717, 1.165) is 11.1 Å². The molecule has 0 aliphatic heterocycles. The molecule has 0 saturated heterocycles. The lowest BCUT2D eigenvalue weighted by atomic mass is 9.85. The fraction of sp³-hybridized carbons (Fsp3) is 0.444. The zero-order valence-corrected chi connectivity index (χ0v) is 31.7. The lowest BCUT2D eigenvalue weighted by Crippen LogP contribution is -2.60. The van der Waals surface area contributed by atoms with Gasteiger partial charge in [-0.15, -0.1) is 0 Å². The molecule has 0 aromatic heterocycles. The van der Waals surface area contributed by atoms with E-state index in [1.807, 2.05) is 0 Å². The van der Waals surface area contributed by atoms with Crippen molar-refractivity contribution in [3.63, 3.8) is 0 Å². The smallest absolute Gasteiger partial charge is 0.243 e. The summed E-state index contributed by atoms with van der Waals surface area (Å²) in [6, 6.07) is 10.7. The number of nitrogens with two attached hydrogens (primary N) is 7. The van der Waals surface area contributed by atoms with Crippen molar-refractivity contribution in [2.45, 2.75) is 84.1 Å². The number of rotatable bonds is 21. The number of amides is 4. The first-order valence-electron chi connectivity index (χ1n) is 17.7. The Morgan fingerprint density at radius 1 is 0.636 bits per heavy atom. The number of nitrogen functional groups attached to an aromatic ring is 1. The predicted octanol–water partition coefficient (Wildman–Crippen LogP) is -1.79. The summed E-state index contributed by atoms with van der Waals surface area (Å²) < 4.78 is 0. The van der Waals surface area contributed by atoms with Crippen molar-refractivity contribution in [2.75, 3.05) is 13.1 Å². The van der Waals surface area contributed by atoms with Gasteiger partial charge in [-0.05, 0) is 47.8 Å². The van der Waals surface area contributed by atoms with Gasteiger partial charge in [0.25, 0.3) is 0 Å². The topological polar surface area (TPSA) is 359 Å². The first-order chi connectivity index (χ1) is 25.8. The predicted molar refractivity (Wildman–Crippen MR) is 214 cm³/mol. The Balaban J connectivity index is 2.24. The number of nitrogens with zero attached hydrogens (tertiary/aromatic N) is 3. The highest BCUT2D eigenvalue weighted by molar-refractivity contribution is 5.95. The maximum absolute atomic E-state index is 13.9. The van der Waals surface area contributed by atoms with Gasteiger partial charge >= 0.3 is 0 Å². The number of guanidine groups is 3. The molecule has 2 aromatic carbocycles. The van der Waals surface area contributed by atoms with Crippen LogP contribution in [-0.2, 0) is 38.7 Å². The molecule has 4 amide bonds. The van der Waals surface area contributed by atoms with Gasteiger partial charge in [0.1, 0.15) is 24.0 Å². The van der Waals surface area contributed by atoms with Crippen LogP contribution in [0.25, 0.3) is 0 Å². The largest absolute Gasteiger partial charge is 0.384 e. The lowest BCUT2D eigenvalue weighted by Gasteiger charge is -2.33. The zero-order chi connectivity index (χ0) is 41.1. The molecule has 0 aliphatic rings. The average Bonchev–Trinajstić information content (AvgIpc) is 3.10. The molecule has 300 valence electrons. The van der Waals surface area contributed by atoms with E-state index < -0.39 is 47.2 Å². The SMILES string of the molecule is CC(C)(C)C(NC(=O)C(CCCN=C(N)N)NC(=O)Cc1ccc(CN=C(N)N)cc1)C(=O)NC(CCCN=C(N)N)C(=O)NCc1ccc(C(=N)N)cc1. The van der Waals surface area contributed by atoms with Crippen molar-refractivity contribution in [2.24, 2.45) is 60.5 Å². The van der Waals surface area contributed by atoms with E-state index in [0.29, 0.717) is 24.0 Å². The Morgan fingerprint density at radius 3 is 1.62 bits per heavy atom. The Morgan fingerprint density at radius 2 is 1.13 bits per heavy atom. The van der Waals surface area contributed by atoms with Crippen LogP contribution in [0.3, 0.4) is 0 Å². The molecule has 3 atom stereocenters. The molecule has 0 spiro atoms. The molecule has 55 heavy (non-hydrogen) atoms. The number of carbonyl (C=O) groups is 4. The maximum atomic E-state index is 13.9. The van der Waals surface area contributed by atoms with Gasteiger partial charge in [0.05, 0.1) is 13.0 Å². The normalized spacial score (nSPS) is 12.5. The minimum atomic E-state index is -1.12. The number of carbonyl (C=O) groups excluding carboxylic acids is 4. The lowest BCUT2D eigenvalue weighted by molar-refractivity contribution is -0.136. The first-order valence-corrected chi connectivity index (χ1v) is 17.7. The molecule has 3 unspecified atom stereocenters. The highest BCUT2D eigenvalue weighted by atomic mass is 16.2. The average molecular weight is 764 g/mol. The number of aliphatic imine (C=N–C) groups is 3. The Hall–Kier alpha value is -6.40. The molecule has 19 nitrogen and oxygen atoms in total. The summed E-state index contributed by atoms with van der Waals surface area (Å²) in [7, 11) is 0. The van der Waals surface area contributed by atoms with Gasteiger partial charge in [-0.25, -0.2) is 4.99 Å². The highest BCUT2D eigenvalue weighted by Gasteiger charge is 2.36.